The molecule has 0 saturated heterocycles. The summed E-state index contributed by atoms with van der Waals surface area (Å²) < 4.78 is 5.43. The molecule has 3 aromatic rings. The van der Waals surface area contributed by atoms with Crippen LogP contribution in [-0.4, -0.2) is 6.54 Å². The first kappa shape index (κ1) is 11.7. The fraction of sp³-hybridized carbons (Fsp3) is 0.222. The molecule has 100 valence electrons. The molecule has 1 aromatic heterocycles. The van der Waals surface area contributed by atoms with Gasteiger partial charge in [-0.25, -0.2) is 0 Å². The van der Waals surface area contributed by atoms with Crippen molar-refractivity contribution in [1.29, 1.82) is 0 Å². The first-order chi connectivity index (χ1) is 9.83. The van der Waals surface area contributed by atoms with E-state index in [4.69, 9.17) is 4.42 Å². The lowest BCUT2D eigenvalue weighted by atomic mass is 9.83. The van der Waals surface area contributed by atoms with Gasteiger partial charge in [0.1, 0.15) is 5.58 Å². The van der Waals surface area contributed by atoms with E-state index in [0.717, 1.165) is 12.1 Å². The van der Waals surface area contributed by atoms with Gasteiger partial charge in [-0.15, -0.1) is 0 Å². The van der Waals surface area contributed by atoms with Crippen LogP contribution in [0.3, 0.4) is 0 Å². The maximum absolute atomic E-state index is 5.43. The molecule has 20 heavy (non-hydrogen) atoms. The van der Waals surface area contributed by atoms with Gasteiger partial charge in [-0.05, 0) is 41.8 Å². The maximum Gasteiger partial charge on any atom is 0.133 e. The second kappa shape index (κ2) is 4.50. The fourth-order valence-corrected chi connectivity index (χ4v) is 3.24. The lowest BCUT2D eigenvalue weighted by molar-refractivity contribution is 0.508. The van der Waals surface area contributed by atoms with E-state index in [2.05, 4.69) is 54.7 Å². The average Bonchev–Trinajstić information content (AvgIpc) is 2.95. The molecule has 2 atom stereocenters. The van der Waals surface area contributed by atoms with E-state index in [0.29, 0.717) is 12.0 Å². The van der Waals surface area contributed by atoms with E-state index in [1.807, 2.05) is 6.07 Å². The summed E-state index contributed by atoms with van der Waals surface area (Å²) in [4.78, 5) is 0. The van der Waals surface area contributed by atoms with Gasteiger partial charge >= 0.3 is 0 Å². The van der Waals surface area contributed by atoms with Crippen LogP contribution in [-0.2, 0) is 0 Å². The van der Waals surface area contributed by atoms with Crippen LogP contribution in [0.4, 0.5) is 0 Å². The summed E-state index contributed by atoms with van der Waals surface area (Å²) in [6, 6.07) is 17.7. The van der Waals surface area contributed by atoms with Gasteiger partial charge in [-0.3, -0.25) is 0 Å². The average molecular weight is 263 g/mol. The minimum atomic E-state index is 0.418. The molecular weight excluding hydrogens is 246 g/mol. The van der Waals surface area contributed by atoms with Crippen molar-refractivity contribution in [1.82, 2.24) is 5.32 Å². The predicted molar refractivity (Wildman–Crippen MR) is 80.9 cm³/mol. The minimum Gasteiger partial charge on any atom is -0.464 e. The highest BCUT2D eigenvalue weighted by atomic mass is 16.3. The monoisotopic (exact) mass is 263 g/mol. The van der Waals surface area contributed by atoms with Crippen LogP contribution in [0, 0.1) is 0 Å². The van der Waals surface area contributed by atoms with Crippen molar-refractivity contribution in [2.45, 2.75) is 18.9 Å². The molecule has 1 aliphatic rings. The Labute approximate surface area is 118 Å². The molecule has 2 aromatic carbocycles. The number of rotatable bonds is 1. The summed E-state index contributed by atoms with van der Waals surface area (Å²) in [7, 11) is 0. The predicted octanol–water partition coefficient (Wildman–Crippen LogP) is 4.23. The Bertz CT molecular complexity index is 759. The quantitative estimate of drug-likeness (QED) is 0.710. The van der Waals surface area contributed by atoms with Crippen molar-refractivity contribution in [2.24, 2.45) is 0 Å². The Balaban J connectivity index is 1.84. The lowest BCUT2D eigenvalue weighted by Gasteiger charge is -2.31. The van der Waals surface area contributed by atoms with E-state index in [1.54, 1.807) is 6.26 Å². The maximum atomic E-state index is 5.43. The Kier molecular flexibility index (Phi) is 2.64. The van der Waals surface area contributed by atoms with E-state index >= 15 is 0 Å². The van der Waals surface area contributed by atoms with Crippen LogP contribution < -0.4 is 5.32 Å². The SMILES string of the molecule is CC1NCC(c2ccc3occc3c2)c2ccccc21. The molecule has 0 bridgehead atoms. The van der Waals surface area contributed by atoms with E-state index in [9.17, 15) is 0 Å². The Morgan fingerprint density at radius 2 is 1.90 bits per heavy atom. The van der Waals surface area contributed by atoms with Crippen LogP contribution in [0.5, 0.6) is 0 Å². The summed E-state index contributed by atoms with van der Waals surface area (Å²) >= 11 is 0. The lowest BCUT2D eigenvalue weighted by Crippen LogP contribution is -2.31. The largest absolute Gasteiger partial charge is 0.464 e. The number of furan rings is 1. The van der Waals surface area contributed by atoms with Gasteiger partial charge in [-0.2, -0.15) is 0 Å². The van der Waals surface area contributed by atoms with Crippen molar-refractivity contribution < 1.29 is 4.42 Å². The Hall–Kier alpha value is -2.06. The van der Waals surface area contributed by atoms with E-state index < -0.39 is 0 Å². The molecule has 0 amide bonds. The summed E-state index contributed by atoms with van der Waals surface area (Å²) in [5.41, 5.74) is 5.17. The van der Waals surface area contributed by atoms with E-state index in [-0.39, 0.29) is 0 Å². The van der Waals surface area contributed by atoms with Crippen LogP contribution in [0.25, 0.3) is 11.0 Å². The molecule has 0 spiro atoms. The number of benzene rings is 2. The Morgan fingerprint density at radius 3 is 2.80 bits per heavy atom. The highest BCUT2D eigenvalue weighted by Crippen LogP contribution is 2.35. The molecule has 0 radical (unpaired) electrons. The van der Waals surface area contributed by atoms with Crippen LogP contribution in [0.15, 0.2) is 59.2 Å². The number of hydrogen-bond donors (Lipinski definition) is 1. The number of hydrogen-bond acceptors (Lipinski definition) is 2. The summed E-state index contributed by atoms with van der Waals surface area (Å²) in [6.45, 7) is 3.22. The summed E-state index contributed by atoms with van der Waals surface area (Å²) in [5, 5.41) is 4.78. The molecule has 2 unspecified atom stereocenters. The topological polar surface area (TPSA) is 25.2 Å². The first-order valence-electron chi connectivity index (χ1n) is 7.12. The van der Waals surface area contributed by atoms with Gasteiger partial charge in [0, 0.05) is 23.9 Å². The van der Waals surface area contributed by atoms with Crippen LogP contribution in [0.2, 0.25) is 0 Å². The van der Waals surface area contributed by atoms with Crippen LogP contribution in [0.1, 0.15) is 35.6 Å². The third-order valence-corrected chi connectivity index (χ3v) is 4.34. The standard InChI is InChI=1S/C18H17NO/c1-12-15-4-2-3-5-16(15)17(11-19-12)13-6-7-18-14(10-13)8-9-20-18/h2-10,12,17,19H,11H2,1H3. The van der Waals surface area contributed by atoms with Gasteiger partial charge in [0.25, 0.3) is 0 Å². The molecule has 2 heterocycles. The van der Waals surface area contributed by atoms with Gasteiger partial charge < -0.3 is 9.73 Å². The normalized spacial score (nSPS) is 21.9. The van der Waals surface area contributed by atoms with Crippen molar-refractivity contribution in [2.75, 3.05) is 6.54 Å². The second-order valence-corrected chi connectivity index (χ2v) is 5.53. The highest BCUT2D eigenvalue weighted by molar-refractivity contribution is 5.78. The molecule has 2 nitrogen and oxygen atoms in total. The zero-order chi connectivity index (χ0) is 13.5. The minimum absolute atomic E-state index is 0.418. The van der Waals surface area contributed by atoms with Crippen molar-refractivity contribution >= 4 is 11.0 Å². The zero-order valence-corrected chi connectivity index (χ0v) is 11.5. The molecule has 1 N–H and O–H groups in total. The van der Waals surface area contributed by atoms with Crippen molar-refractivity contribution in [3.05, 3.63) is 71.5 Å². The zero-order valence-electron chi connectivity index (χ0n) is 11.5. The Morgan fingerprint density at radius 1 is 1.05 bits per heavy atom. The molecule has 2 heteroatoms. The van der Waals surface area contributed by atoms with Crippen LogP contribution >= 0.6 is 0 Å². The molecule has 4 rings (SSSR count). The van der Waals surface area contributed by atoms with Gasteiger partial charge in [0.15, 0.2) is 0 Å². The van der Waals surface area contributed by atoms with Crippen molar-refractivity contribution in [3.63, 3.8) is 0 Å². The third-order valence-electron chi connectivity index (χ3n) is 4.34. The molecular formula is C18H17NO. The van der Waals surface area contributed by atoms with Gasteiger partial charge in [0.05, 0.1) is 6.26 Å². The van der Waals surface area contributed by atoms with Crippen molar-refractivity contribution in [3.8, 4) is 0 Å². The van der Waals surface area contributed by atoms with Gasteiger partial charge in [0.2, 0.25) is 0 Å². The fourth-order valence-electron chi connectivity index (χ4n) is 3.24. The summed E-state index contributed by atoms with van der Waals surface area (Å²) in [6.07, 6.45) is 1.75. The summed E-state index contributed by atoms with van der Waals surface area (Å²) in [5.74, 6) is 0.418. The highest BCUT2D eigenvalue weighted by Gasteiger charge is 2.25. The molecule has 0 aliphatic carbocycles. The molecule has 0 saturated carbocycles. The van der Waals surface area contributed by atoms with E-state index in [1.165, 1.54) is 22.1 Å². The number of nitrogens with one attached hydrogen (secondary N) is 1. The first-order valence-corrected chi connectivity index (χ1v) is 7.12. The molecule has 0 fully saturated rings. The molecule has 1 aliphatic heterocycles. The second-order valence-electron chi connectivity index (χ2n) is 5.53. The third kappa shape index (κ3) is 1.76. The smallest absolute Gasteiger partial charge is 0.133 e. The van der Waals surface area contributed by atoms with Gasteiger partial charge in [-0.1, -0.05) is 30.3 Å². The number of fused-ring (bicyclic) bond motifs is 2.